The second-order valence-corrected chi connectivity index (χ2v) is 4.17. The first kappa shape index (κ1) is 8.56. The third-order valence-corrected chi connectivity index (χ3v) is 3.30. The highest BCUT2D eigenvalue weighted by Crippen LogP contribution is 2.43. The normalized spacial score (nSPS) is 20.5. The maximum atomic E-state index is 5.80. The van der Waals surface area contributed by atoms with E-state index in [2.05, 4.69) is 0 Å². The second-order valence-electron chi connectivity index (χ2n) is 3.14. The van der Waals surface area contributed by atoms with Gasteiger partial charge in [-0.05, 0) is 19.1 Å². The molecule has 1 unspecified atom stereocenters. The molecular weight excluding hydrogens is 184 g/mol. The Kier molecular flexibility index (Phi) is 2.00. The fraction of sp³-hybridized carbons (Fsp3) is 0.333. The summed E-state index contributed by atoms with van der Waals surface area (Å²) < 4.78 is 5.62. The van der Waals surface area contributed by atoms with Crippen LogP contribution in [-0.2, 0) is 0 Å². The third-order valence-electron chi connectivity index (χ3n) is 1.95. The van der Waals surface area contributed by atoms with E-state index in [1.54, 1.807) is 17.8 Å². The van der Waals surface area contributed by atoms with E-state index in [-0.39, 0.29) is 6.10 Å². The van der Waals surface area contributed by atoms with Crippen LogP contribution < -0.4 is 16.2 Å². The first-order valence-corrected chi connectivity index (χ1v) is 5.14. The molecule has 3 nitrogen and oxygen atoms in total. The number of thioether (sulfide) groups is 1. The fourth-order valence-corrected chi connectivity index (χ4v) is 2.30. The van der Waals surface area contributed by atoms with Crippen molar-refractivity contribution in [3.63, 3.8) is 0 Å². The van der Waals surface area contributed by atoms with Crippen molar-refractivity contribution >= 4 is 23.1 Å². The topological polar surface area (TPSA) is 61.3 Å². The van der Waals surface area contributed by atoms with Gasteiger partial charge in [0, 0.05) is 11.4 Å². The Labute approximate surface area is 81.4 Å². The Bertz CT molecular complexity index is 341. The van der Waals surface area contributed by atoms with Gasteiger partial charge >= 0.3 is 0 Å². The summed E-state index contributed by atoms with van der Waals surface area (Å²) >= 11 is 1.71. The maximum absolute atomic E-state index is 5.80. The number of hydrogen-bond donors (Lipinski definition) is 2. The van der Waals surface area contributed by atoms with E-state index < -0.39 is 0 Å². The van der Waals surface area contributed by atoms with Crippen LogP contribution in [0.5, 0.6) is 5.75 Å². The van der Waals surface area contributed by atoms with Crippen molar-refractivity contribution in [3.05, 3.63) is 12.1 Å². The van der Waals surface area contributed by atoms with Gasteiger partial charge in [-0.25, -0.2) is 0 Å². The second kappa shape index (κ2) is 3.03. The zero-order valence-corrected chi connectivity index (χ0v) is 8.23. The van der Waals surface area contributed by atoms with Crippen LogP contribution in [-0.4, -0.2) is 11.9 Å². The Morgan fingerprint density at radius 2 is 2.08 bits per heavy atom. The van der Waals surface area contributed by atoms with Gasteiger partial charge in [0.15, 0.2) is 5.75 Å². The highest BCUT2D eigenvalue weighted by Gasteiger charge is 2.20. The number of anilines is 2. The largest absolute Gasteiger partial charge is 0.486 e. The summed E-state index contributed by atoms with van der Waals surface area (Å²) in [6.45, 7) is 2.03. The van der Waals surface area contributed by atoms with E-state index in [0.29, 0.717) is 5.69 Å². The van der Waals surface area contributed by atoms with Gasteiger partial charge in [0.05, 0.1) is 10.6 Å². The standard InChI is InChI=1S/C9H12N2OS/c1-5-4-13-9-7(11)3-2-6(10)8(9)12-5/h2-3,5H,4,10-11H2,1H3. The predicted octanol–water partition coefficient (Wildman–Crippen LogP) is 1.72. The molecule has 1 aromatic carbocycles. The summed E-state index contributed by atoms with van der Waals surface area (Å²) in [5.74, 6) is 1.68. The molecule has 1 atom stereocenters. The van der Waals surface area contributed by atoms with Gasteiger partial charge in [-0.3, -0.25) is 0 Å². The van der Waals surface area contributed by atoms with Gasteiger partial charge in [0.25, 0.3) is 0 Å². The van der Waals surface area contributed by atoms with Gasteiger partial charge < -0.3 is 16.2 Å². The lowest BCUT2D eigenvalue weighted by atomic mass is 10.2. The van der Waals surface area contributed by atoms with Crippen LogP contribution in [0.25, 0.3) is 0 Å². The lowest BCUT2D eigenvalue weighted by Gasteiger charge is -2.24. The van der Waals surface area contributed by atoms with Crippen LogP contribution in [0.3, 0.4) is 0 Å². The minimum absolute atomic E-state index is 0.210. The SMILES string of the molecule is CC1CSc2c(N)ccc(N)c2O1. The molecule has 1 aliphatic rings. The summed E-state index contributed by atoms with van der Waals surface area (Å²) in [7, 11) is 0. The molecule has 0 amide bonds. The molecule has 1 heterocycles. The van der Waals surface area contributed by atoms with Gasteiger partial charge in [-0.2, -0.15) is 0 Å². The van der Waals surface area contributed by atoms with Crippen LogP contribution in [0, 0.1) is 0 Å². The lowest BCUT2D eigenvalue weighted by molar-refractivity contribution is 0.237. The Hall–Kier alpha value is -1.03. The highest BCUT2D eigenvalue weighted by atomic mass is 32.2. The van der Waals surface area contributed by atoms with Crippen LogP contribution in [0.4, 0.5) is 11.4 Å². The molecule has 4 heteroatoms. The number of benzene rings is 1. The fourth-order valence-electron chi connectivity index (χ4n) is 1.30. The van der Waals surface area contributed by atoms with Gasteiger partial charge in [-0.1, -0.05) is 0 Å². The average Bonchev–Trinajstić information content (AvgIpc) is 2.12. The molecule has 0 bridgehead atoms. The predicted molar refractivity (Wildman–Crippen MR) is 56.1 cm³/mol. The minimum Gasteiger partial charge on any atom is -0.486 e. The molecule has 0 saturated carbocycles. The van der Waals surface area contributed by atoms with Crippen molar-refractivity contribution in [1.82, 2.24) is 0 Å². The lowest BCUT2D eigenvalue weighted by Crippen LogP contribution is -2.20. The van der Waals surface area contributed by atoms with Crippen molar-refractivity contribution in [1.29, 1.82) is 0 Å². The number of ether oxygens (including phenoxy) is 1. The van der Waals surface area contributed by atoms with Crippen LogP contribution in [0.1, 0.15) is 6.92 Å². The first-order valence-electron chi connectivity index (χ1n) is 4.16. The summed E-state index contributed by atoms with van der Waals surface area (Å²) in [5.41, 5.74) is 13.0. The van der Waals surface area contributed by atoms with E-state index >= 15 is 0 Å². The number of hydrogen-bond acceptors (Lipinski definition) is 4. The summed E-state index contributed by atoms with van der Waals surface area (Å²) in [5, 5.41) is 0. The zero-order chi connectivity index (χ0) is 9.42. The zero-order valence-electron chi connectivity index (χ0n) is 7.41. The third kappa shape index (κ3) is 1.42. The molecule has 0 saturated heterocycles. The van der Waals surface area contributed by atoms with Crippen molar-refractivity contribution in [2.45, 2.75) is 17.9 Å². The Balaban J connectivity index is 2.51. The van der Waals surface area contributed by atoms with E-state index in [4.69, 9.17) is 16.2 Å². The van der Waals surface area contributed by atoms with Gasteiger partial charge in [0.2, 0.25) is 0 Å². The van der Waals surface area contributed by atoms with E-state index in [9.17, 15) is 0 Å². The van der Waals surface area contributed by atoms with Crippen molar-refractivity contribution in [2.75, 3.05) is 17.2 Å². The van der Waals surface area contributed by atoms with Crippen LogP contribution in [0.15, 0.2) is 17.0 Å². The summed E-state index contributed by atoms with van der Waals surface area (Å²) in [6, 6.07) is 3.60. The van der Waals surface area contributed by atoms with Crippen molar-refractivity contribution in [3.8, 4) is 5.75 Å². The minimum atomic E-state index is 0.210. The molecule has 13 heavy (non-hydrogen) atoms. The molecule has 0 aliphatic carbocycles. The number of nitrogen functional groups attached to an aromatic ring is 2. The number of nitrogens with two attached hydrogens (primary N) is 2. The summed E-state index contributed by atoms with van der Waals surface area (Å²) in [4.78, 5) is 0.984. The molecule has 0 aromatic heterocycles. The molecular formula is C9H12N2OS. The van der Waals surface area contributed by atoms with Crippen LogP contribution >= 0.6 is 11.8 Å². The van der Waals surface area contributed by atoms with Gasteiger partial charge in [0.1, 0.15) is 6.10 Å². The van der Waals surface area contributed by atoms with Gasteiger partial charge in [-0.15, -0.1) is 11.8 Å². The number of fused-ring (bicyclic) bond motifs is 1. The van der Waals surface area contributed by atoms with E-state index in [1.165, 1.54) is 0 Å². The molecule has 1 aromatic rings. The first-order chi connectivity index (χ1) is 6.18. The van der Waals surface area contributed by atoms with E-state index in [0.717, 1.165) is 22.1 Å². The van der Waals surface area contributed by atoms with Crippen LogP contribution in [0.2, 0.25) is 0 Å². The quantitative estimate of drug-likeness (QED) is 0.620. The molecule has 70 valence electrons. The summed E-state index contributed by atoms with van der Waals surface area (Å²) in [6.07, 6.45) is 0.210. The maximum Gasteiger partial charge on any atom is 0.158 e. The molecule has 0 radical (unpaired) electrons. The molecule has 0 spiro atoms. The smallest absolute Gasteiger partial charge is 0.158 e. The Morgan fingerprint density at radius 3 is 2.85 bits per heavy atom. The number of rotatable bonds is 0. The highest BCUT2D eigenvalue weighted by molar-refractivity contribution is 7.99. The van der Waals surface area contributed by atoms with Crippen molar-refractivity contribution in [2.24, 2.45) is 0 Å². The average molecular weight is 196 g/mol. The molecule has 1 aliphatic heterocycles. The van der Waals surface area contributed by atoms with Crippen molar-refractivity contribution < 1.29 is 4.74 Å². The van der Waals surface area contributed by atoms with E-state index in [1.807, 2.05) is 13.0 Å². The Morgan fingerprint density at radius 1 is 1.38 bits per heavy atom. The molecule has 4 N–H and O–H groups in total. The molecule has 0 fully saturated rings. The monoisotopic (exact) mass is 196 g/mol. The molecule has 2 rings (SSSR count).